The van der Waals surface area contributed by atoms with Crippen LogP contribution in [-0.2, 0) is 4.74 Å². The number of nitrogens with zero attached hydrogens (tertiary/aromatic N) is 3. The largest absolute Gasteiger partial charge is 0.442 e. The Kier molecular flexibility index (Phi) is 9.71. The zero-order valence-corrected chi connectivity index (χ0v) is 26.2. The maximum absolute atomic E-state index is 13.6. The second-order valence-corrected chi connectivity index (χ2v) is 13.7. The molecule has 6 nitrogen and oxygen atoms in total. The smallest absolute Gasteiger partial charge is 0.410 e. The molecule has 1 spiro atoms. The van der Waals surface area contributed by atoms with Crippen molar-refractivity contribution in [3.63, 3.8) is 0 Å². The number of hydrogen-bond donors (Lipinski definition) is 0. The number of likely N-dealkylation sites (tertiary alicyclic amines) is 2. The Balaban J connectivity index is 1.04. The summed E-state index contributed by atoms with van der Waals surface area (Å²) in [6.45, 7) is 7.57. The summed E-state index contributed by atoms with van der Waals surface area (Å²) >= 11 is 0. The van der Waals surface area contributed by atoms with Crippen LogP contribution in [-0.4, -0.2) is 77.6 Å². The third-order valence-corrected chi connectivity index (χ3v) is 11.0. The van der Waals surface area contributed by atoms with Crippen LogP contribution in [0.5, 0.6) is 0 Å². The number of hydrogen-bond acceptors (Lipinski definition) is 4. The summed E-state index contributed by atoms with van der Waals surface area (Å²) in [5, 5.41) is 0. The van der Waals surface area contributed by atoms with Gasteiger partial charge >= 0.3 is 6.09 Å². The maximum Gasteiger partial charge on any atom is 0.410 e. The van der Waals surface area contributed by atoms with Crippen molar-refractivity contribution in [2.75, 3.05) is 39.3 Å². The van der Waals surface area contributed by atoms with Gasteiger partial charge in [-0.15, -0.1) is 0 Å². The highest BCUT2D eigenvalue weighted by molar-refractivity contribution is 6.00. The molecule has 2 aromatic carbocycles. The summed E-state index contributed by atoms with van der Waals surface area (Å²) in [4.78, 5) is 33.7. The predicted molar refractivity (Wildman–Crippen MR) is 172 cm³/mol. The van der Waals surface area contributed by atoms with E-state index in [0.29, 0.717) is 17.9 Å². The number of carbonyl (C=O) groups excluding carboxylic acids is 2. The molecule has 2 amide bonds. The van der Waals surface area contributed by atoms with Crippen LogP contribution in [0, 0.1) is 11.8 Å². The molecule has 6 rings (SSSR count). The first-order chi connectivity index (χ1) is 21.1. The van der Waals surface area contributed by atoms with Crippen LogP contribution in [0.1, 0.15) is 94.3 Å². The van der Waals surface area contributed by atoms with Gasteiger partial charge in [-0.3, -0.25) is 9.69 Å². The van der Waals surface area contributed by atoms with Crippen LogP contribution < -0.4 is 0 Å². The SMILES string of the molecule is CCCCC1CN(CC2CCCCC2)C(=O)OC12CCN(C1CCN(C(=O)c3ccccc3-c3ccccc3)CC1)CC2. The average Bonchev–Trinajstić information content (AvgIpc) is 3.06. The number of unbranched alkanes of at least 4 members (excludes halogenated alkanes) is 1. The minimum Gasteiger partial charge on any atom is -0.442 e. The molecule has 1 unspecified atom stereocenters. The molecule has 0 N–H and O–H groups in total. The third-order valence-electron chi connectivity index (χ3n) is 11.0. The van der Waals surface area contributed by atoms with Crippen LogP contribution in [0.25, 0.3) is 11.1 Å². The van der Waals surface area contributed by atoms with Crippen LogP contribution in [0.3, 0.4) is 0 Å². The lowest BCUT2D eigenvalue weighted by molar-refractivity contribution is -0.127. The van der Waals surface area contributed by atoms with Gasteiger partial charge < -0.3 is 14.5 Å². The van der Waals surface area contributed by atoms with E-state index in [1.165, 1.54) is 44.9 Å². The molecule has 4 fully saturated rings. The summed E-state index contributed by atoms with van der Waals surface area (Å²) in [6, 6.07) is 18.7. The number of piperidine rings is 2. The van der Waals surface area contributed by atoms with Crippen molar-refractivity contribution in [3.05, 3.63) is 60.2 Å². The number of rotatable bonds is 8. The van der Waals surface area contributed by atoms with Gasteiger partial charge in [0, 0.05) is 69.6 Å². The minimum absolute atomic E-state index is 0.0608. The Bertz CT molecular complexity index is 1210. The van der Waals surface area contributed by atoms with Gasteiger partial charge in [-0.2, -0.15) is 0 Å². The zero-order valence-electron chi connectivity index (χ0n) is 26.2. The molecule has 6 heteroatoms. The van der Waals surface area contributed by atoms with Gasteiger partial charge in [0.2, 0.25) is 0 Å². The molecule has 3 saturated heterocycles. The molecule has 3 aliphatic heterocycles. The lowest BCUT2D eigenvalue weighted by Gasteiger charge is -2.52. The minimum atomic E-state index is -0.302. The standard InChI is InChI=1S/C37H51N3O3/c1-2-3-16-31-28-40(27-29-12-6-4-7-13-29)36(42)43-37(31)21-25-38(26-22-37)32-19-23-39(24-20-32)35(41)34-18-11-10-17-33(34)30-14-8-5-9-15-30/h5,8-11,14-15,17-18,29,31-32H,2-4,6-7,12-13,16,19-28H2,1H3. The molecule has 0 radical (unpaired) electrons. The third kappa shape index (κ3) is 6.79. The van der Waals surface area contributed by atoms with Crippen molar-refractivity contribution in [2.45, 2.75) is 95.6 Å². The monoisotopic (exact) mass is 585 g/mol. The Hall–Kier alpha value is -2.86. The molecule has 4 aliphatic rings. The lowest BCUT2D eigenvalue weighted by Crippen LogP contribution is -2.61. The van der Waals surface area contributed by atoms with E-state index in [4.69, 9.17) is 4.74 Å². The van der Waals surface area contributed by atoms with Crippen molar-refractivity contribution in [1.29, 1.82) is 0 Å². The second-order valence-electron chi connectivity index (χ2n) is 13.7. The number of benzene rings is 2. The molecule has 232 valence electrons. The molecule has 2 aromatic rings. The van der Waals surface area contributed by atoms with Gasteiger partial charge in [-0.25, -0.2) is 4.79 Å². The summed E-state index contributed by atoms with van der Waals surface area (Å²) in [5.41, 5.74) is 2.58. The van der Waals surface area contributed by atoms with Crippen molar-refractivity contribution >= 4 is 12.0 Å². The fraction of sp³-hybridized carbons (Fsp3) is 0.622. The highest BCUT2D eigenvalue weighted by Gasteiger charge is 2.50. The molecule has 3 heterocycles. The fourth-order valence-corrected chi connectivity index (χ4v) is 8.39. The first-order valence-electron chi connectivity index (χ1n) is 17.2. The molecule has 0 bridgehead atoms. The first-order valence-corrected chi connectivity index (χ1v) is 17.2. The van der Waals surface area contributed by atoms with Crippen LogP contribution in [0.2, 0.25) is 0 Å². The Labute approximate surface area is 258 Å². The highest BCUT2D eigenvalue weighted by Crippen LogP contribution is 2.42. The molecule has 43 heavy (non-hydrogen) atoms. The van der Waals surface area contributed by atoms with E-state index in [2.05, 4.69) is 34.9 Å². The van der Waals surface area contributed by atoms with Gasteiger partial charge in [0.25, 0.3) is 5.91 Å². The molecule has 1 aliphatic carbocycles. The Morgan fingerprint density at radius 3 is 2.30 bits per heavy atom. The number of carbonyl (C=O) groups is 2. The molecule has 0 aromatic heterocycles. The van der Waals surface area contributed by atoms with Gasteiger partial charge in [0.1, 0.15) is 5.60 Å². The van der Waals surface area contributed by atoms with E-state index < -0.39 is 0 Å². The Morgan fingerprint density at radius 2 is 1.58 bits per heavy atom. The maximum atomic E-state index is 13.6. The van der Waals surface area contributed by atoms with Crippen molar-refractivity contribution < 1.29 is 14.3 Å². The first kappa shape index (κ1) is 30.2. The quantitative estimate of drug-likeness (QED) is 0.320. The molecule has 1 atom stereocenters. The average molecular weight is 586 g/mol. The van der Waals surface area contributed by atoms with Crippen LogP contribution in [0.4, 0.5) is 4.79 Å². The van der Waals surface area contributed by atoms with E-state index in [1.54, 1.807) is 0 Å². The highest BCUT2D eigenvalue weighted by atomic mass is 16.6. The normalized spacial score (nSPS) is 23.8. The van der Waals surface area contributed by atoms with Gasteiger partial charge in [0.05, 0.1) is 0 Å². The van der Waals surface area contributed by atoms with E-state index in [1.807, 2.05) is 41.3 Å². The topological polar surface area (TPSA) is 53.1 Å². The summed E-state index contributed by atoms with van der Waals surface area (Å²) < 4.78 is 6.47. The molecular formula is C37H51N3O3. The summed E-state index contributed by atoms with van der Waals surface area (Å²) in [5.74, 6) is 1.22. The summed E-state index contributed by atoms with van der Waals surface area (Å²) in [6.07, 6.45) is 13.8. The van der Waals surface area contributed by atoms with Crippen LogP contribution in [0.15, 0.2) is 54.6 Å². The lowest BCUT2D eigenvalue weighted by atomic mass is 9.75. The zero-order chi connectivity index (χ0) is 29.6. The molecular weight excluding hydrogens is 534 g/mol. The van der Waals surface area contributed by atoms with Gasteiger partial charge in [0.15, 0.2) is 0 Å². The van der Waals surface area contributed by atoms with Crippen molar-refractivity contribution in [1.82, 2.24) is 14.7 Å². The van der Waals surface area contributed by atoms with E-state index in [9.17, 15) is 9.59 Å². The van der Waals surface area contributed by atoms with Gasteiger partial charge in [-0.1, -0.05) is 87.6 Å². The number of amides is 2. The molecule has 1 saturated carbocycles. The summed E-state index contributed by atoms with van der Waals surface area (Å²) in [7, 11) is 0. The fourth-order valence-electron chi connectivity index (χ4n) is 8.39. The number of ether oxygens (including phenoxy) is 1. The van der Waals surface area contributed by atoms with E-state index in [0.717, 1.165) is 88.1 Å². The predicted octanol–water partition coefficient (Wildman–Crippen LogP) is 7.63. The Morgan fingerprint density at radius 1 is 0.884 bits per heavy atom. The van der Waals surface area contributed by atoms with Crippen molar-refractivity contribution in [2.24, 2.45) is 11.8 Å². The van der Waals surface area contributed by atoms with Crippen LogP contribution >= 0.6 is 0 Å². The second kappa shape index (κ2) is 13.8. The van der Waals surface area contributed by atoms with E-state index >= 15 is 0 Å². The van der Waals surface area contributed by atoms with Crippen molar-refractivity contribution in [3.8, 4) is 11.1 Å². The van der Waals surface area contributed by atoms with E-state index in [-0.39, 0.29) is 17.6 Å². The van der Waals surface area contributed by atoms with Gasteiger partial charge in [-0.05, 0) is 55.2 Å².